The molecule has 1 rings (SSSR count). The highest BCUT2D eigenvalue weighted by molar-refractivity contribution is 5.64. The Morgan fingerprint density at radius 3 is 2.78 bits per heavy atom. The van der Waals surface area contributed by atoms with Crippen LogP contribution in [0.15, 0.2) is 0 Å². The molecule has 1 aliphatic rings. The van der Waals surface area contributed by atoms with Crippen molar-refractivity contribution < 1.29 is 29.6 Å². The van der Waals surface area contributed by atoms with E-state index in [-0.39, 0.29) is 25.0 Å². The molecule has 6 nitrogen and oxygen atoms in total. The average Bonchev–Trinajstić information content (AvgIpc) is 2.25. The lowest BCUT2D eigenvalue weighted by molar-refractivity contribution is -0.306. The Morgan fingerprint density at radius 2 is 2.17 bits per heavy atom. The van der Waals surface area contributed by atoms with Crippen molar-refractivity contribution in [3.63, 3.8) is 0 Å². The first-order chi connectivity index (χ1) is 8.40. The number of rotatable bonds is 6. The molecule has 0 spiro atoms. The maximum absolute atomic E-state index is 10.3. The molecule has 0 radical (unpaired) electrons. The molecule has 18 heavy (non-hydrogen) atoms. The van der Waals surface area contributed by atoms with E-state index in [4.69, 9.17) is 9.47 Å². The van der Waals surface area contributed by atoms with Crippen LogP contribution in [0.1, 0.15) is 39.5 Å². The molecule has 1 aliphatic heterocycles. The van der Waals surface area contributed by atoms with Crippen molar-refractivity contribution in [1.82, 2.24) is 0 Å². The van der Waals surface area contributed by atoms with Crippen molar-refractivity contribution in [3.8, 4) is 0 Å². The molecule has 1 heterocycles. The third-order valence-corrected chi connectivity index (χ3v) is 3.05. The molecule has 1 fully saturated rings. The number of carboxylic acid groups (broad SMARTS) is 1. The van der Waals surface area contributed by atoms with Crippen molar-refractivity contribution in [2.24, 2.45) is 0 Å². The van der Waals surface area contributed by atoms with Gasteiger partial charge in [0.2, 0.25) is 0 Å². The van der Waals surface area contributed by atoms with Crippen LogP contribution in [0.2, 0.25) is 0 Å². The molecule has 0 aromatic carbocycles. The molecule has 0 unspecified atom stereocenters. The average molecular weight is 261 g/mol. The standard InChI is InChI=1S/C12H22O6/c1-7(4-3-5-11(15)16)17-12-10(14)6-9(13)8(2)18-12/h7-10,12-14H,3-6H2,1-2H3,(H,15,16)/p-1/t7-,8+,9-,10-,12-/m1/s1. The van der Waals surface area contributed by atoms with Crippen LogP contribution in [0.3, 0.4) is 0 Å². The van der Waals surface area contributed by atoms with Crippen LogP contribution < -0.4 is 5.11 Å². The van der Waals surface area contributed by atoms with Crippen molar-refractivity contribution in [3.05, 3.63) is 0 Å². The molecule has 0 aliphatic carbocycles. The minimum absolute atomic E-state index is 0.00308. The van der Waals surface area contributed by atoms with E-state index in [0.29, 0.717) is 12.8 Å². The minimum Gasteiger partial charge on any atom is -0.550 e. The highest BCUT2D eigenvalue weighted by Crippen LogP contribution is 2.22. The summed E-state index contributed by atoms with van der Waals surface area (Å²) in [4.78, 5) is 10.3. The molecular weight excluding hydrogens is 240 g/mol. The molecule has 0 aromatic heterocycles. The fourth-order valence-electron chi connectivity index (χ4n) is 1.90. The molecule has 6 heteroatoms. The zero-order chi connectivity index (χ0) is 13.7. The van der Waals surface area contributed by atoms with E-state index < -0.39 is 24.5 Å². The van der Waals surface area contributed by atoms with E-state index in [1.54, 1.807) is 13.8 Å². The second kappa shape index (κ2) is 7.04. The van der Waals surface area contributed by atoms with Gasteiger partial charge in [-0.15, -0.1) is 0 Å². The van der Waals surface area contributed by atoms with Crippen LogP contribution in [-0.2, 0) is 14.3 Å². The van der Waals surface area contributed by atoms with E-state index in [2.05, 4.69) is 0 Å². The molecule has 1 saturated heterocycles. The topological polar surface area (TPSA) is 99.1 Å². The summed E-state index contributed by atoms with van der Waals surface area (Å²) in [6.07, 6.45) is -1.68. The van der Waals surface area contributed by atoms with Gasteiger partial charge < -0.3 is 29.6 Å². The van der Waals surface area contributed by atoms with Gasteiger partial charge in [-0.1, -0.05) is 0 Å². The van der Waals surface area contributed by atoms with Crippen LogP contribution >= 0.6 is 0 Å². The van der Waals surface area contributed by atoms with E-state index in [1.807, 2.05) is 0 Å². The molecule has 0 saturated carbocycles. The maximum atomic E-state index is 10.3. The summed E-state index contributed by atoms with van der Waals surface area (Å²) in [5.74, 6) is -1.08. The van der Waals surface area contributed by atoms with Gasteiger partial charge in [-0.05, 0) is 33.1 Å². The van der Waals surface area contributed by atoms with Gasteiger partial charge in [-0.25, -0.2) is 0 Å². The normalized spacial score (nSPS) is 34.2. The molecule has 2 N–H and O–H groups in total. The summed E-state index contributed by atoms with van der Waals surface area (Å²) in [6, 6.07) is 0. The third kappa shape index (κ3) is 4.89. The summed E-state index contributed by atoms with van der Waals surface area (Å²) in [7, 11) is 0. The highest BCUT2D eigenvalue weighted by Gasteiger charge is 2.35. The number of carbonyl (C=O) groups is 1. The second-order valence-electron chi connectivity index (χ2n) is 4.79. The monoisotopic (exact) mass is 261 g/mol. The molecule has 106 valence electrons. The molecule has 5 atom stereocenters. The first-order valence-electron chi connectivity index (χ1n) is 6.27. The number of hydrogen-bond acceptors (Lipinski definition) is 6. The number of aliphatic hydroxyl groups is 2. The minimum atomic E-state index is -1.08. The SMILES string of the molecule is C[C@H](CCCC(=O)[O-])O[C@@H]1O[C@@H](C)[C@H](O)C[C@H]1O. The summed E-state index contributed by atoms with van der Waals surface area (Å²) < 4.78 is 10.9. The first kappa shape index (κ1) is 15.4. The van der Waals surface area contributed by atoms with E-state index in [9.17, 15) is 20.1 Å². The second-order valence-corrected chi connectivity index (χ2v) is 4.79. The van der Waals surface area contributed by atoms with Crippen LogP contribution in [0.4, 0.5) is 0 Å². The Labute approximate surface area is 107 Å². The Morgan fingerprint density at radius 1 is 1.50 bits per heavy atom. The van der Waals surface area contributed by atoms with Gasteiger partial charge in [0.1, 0.15) is 6.10 Å². The lowest BCUT2D eigenvalue weighted by Crippen LogP contribution is -2.48. The highest BCUT2D eigenvalue weighted by atomic mass is 16.7. The van der Waals surface area contributed by atoms with E-state index in [0.717, 1.165) is 0 Å². The lowest BCUT2D eigenvalue weighted by Gasteiger charge is -2.36. The van der Waals surface area contributed by atoms with Gasteiger partial charge >= 0.3 is 0 Å². The third-order valence-electron chi connectivity index (χ3n) is 3.05. The van der Waals surface area contributed by atoms with Crippen LogP contribution in [-0.4, -0.2) is 46.9 Å². The smallest absolute Gasteiger partial charge is 0.184 e. The predicted molar refractivity (Wildman–Crippen MR) is 60.4 cm³/mol. The Bertz CT molecular complexity index is 269. The fraction of sp³-hybridized carbons (Fsp3) is 0.917. The Hall–Kier alpha value is -0.690. The number of aliphatic carboxylic acids is 1. The van der Waals surface area contributed by atoms with Gasteiger partial charge in [-0.2, -0.15) is 0 Å². The summed E-state index contributed by atoms with van der Waals surface area (Å²) in [5.41, 5.74) is 0. The van der Waals surface area contributed by atoms with Gasteiger partial charge in [0.25, 0.3) is 0 Å². The lowest BCUT2D eigenvalue weighted by atomic mass is 10.0. The zero-order valence-electron chi connectivity index (χ0n) is 10.7. The van der Waals surface area contributed by atoms with Crippen molar-refractivity contribution in [1.29, 1.82) is 0 Å². The Balaban J connectivity index is 2.30. The largest absolute Gasteiger partial charge is 0.550 e. The number of ether oxygens (including phenoxy) is 2. The first-order valence-corrected chi connectivity index (χ1v) is 6.27. The fourth-order valence-corrected chi connectivity index (χ4v) is 1.90. The quantitative estimate of drug-likeness (QED) is 0.647. The molecule has 0 aromatic rings. The van der Waals surface area contributed by atoms with Gasteiger partial charge in [0.05, 0.1) is 18.3 Å². The van der Waals surface area contributed by atoms with Crippen LogP contribution in [0.5, 0.6) is 0 Å². The Kier molecular flexibility index (Phi) is 6.01. The maximum Gasteiger partial charge on any atom is 0.184 e. The zero-order valence-corrected chi connectivity index (χ0v) is 10.7. The molecular formula is C12H21O6-. The number of hydrogen-bond donors (Lipinski definition) is 2. The van der Waals surface area contributed by atoms with Crippen LogP contribution in [0, 0.1) is 0 Å². The summed E-state index contributed by atoms with van der Waals surface area (Å²) >= 11 is 0. The van der Waals surface area contributed by atoms with E-state index >= 15 is 0 Å². The van der Waals surface area contributed by atoms with E-state index in [1.165, 1.54) is 0 Å². The van der Waals surface area contributed by atoms with Gasteiger partial charge in [0.15, 0.2) is 6.29 Å². The predicted octanol–water partition coefficient (Wildman–Crippen LogP) is -0.832. The van der Waals surface area contributed by atoms with Crippen LogP contribution in [0.25, 0.3) is 0 Å². The summed E-state index contributed by atoms with van der Waals surface area (Å²) in [6.45, 7) is 3.51. The molecule has 0 bridgehead atoms. The number of carbonyl (C=O) groups excluding carboxylic acids is 1. The number of carboxylic acids is 1. The van der Waals surface area contributed by atoms with Crippen molar-refractivity contribution >= 4 is 5.97 Å². The van der Waals surface area contributed by atoms with Crippen molar-refractivity contribution in [2.45, 2.75) is 70.2 Å². The number of aliphatic hydroxyl groups excluding tert-OH is 2. The molecule has 0 amide bonds. The van der Waals surface area contributed by atoms with Gasteiger partial charge in [0, 0.05) is 12.4 Å². The van der Waals surface area contributed by atoms with Crippen molar-refractivity contribution in [2.75, 3.05) is 0 Å². The summed E-state index contributed by atoms with van der Waals surface area (Å²) in [5, 5.41) is 29.5. The van der Waals surface area contributed by atoms with Gasteiger partial charge in [-0.3, -0.25) is 0 Å².